The maximum Gasteiger partial charge on any atom is 0.333 e. The molecule has 0 aromatic heterocycles. The summed E-state index contributed by atoms with van der Waals surface area (Å²) in [7, 11) is 0. The topological polar surface area (TPSA) is 92.8 Å². The standard InChI is InChI=1S/C8H15NO4/c9-4-8(6(10)7(11)12)2-1-3-13-5-8/h6,10H,1-5,9H2,(H,11,12). The number of hydrogen-bond donors (Lipinski definition) is 3. The first-order valence-electron chi connectivity index (χ1n) is 4.31. The number of rotatable bonds is 3. The average Bonchev–Trinajstić information content (AvgIpc) is 2.17. The molecular weight excluding hydrogens is 174 g/mol. The molecule has 1 aliphatic heterocycles. The molecule has 76 valence electrons. The molecule has 0 spiro atoms. The lowest BCUT2D eigenvalue weighted by atomic mass is 9.77. The van der Waals surface area contributed by atoms with Gasteiger partial charge in [0.15, 0.2) is 6.10 Å². The second-order valence-corrected chi connectivity index (χ2v) is 3.46. The lowest BCUT2D eigenvalue weighted by molar-refractivity contribution is -0.161. The molecule has 4 N–H and O–H groups in total. The third-order valence-corrected chi connectivity index (χ3v) is 2.57. The summed E-state index contributed by atoms with van der Waals surface area (Å²) >= 11 is 0. The molecule has 1 saturated heterocycles. The van der Waals surface area contributed by atoms with Crippen LogP contribution in [0.3, 0.4) is 0 Å². The van der Waals surface area contributed by atoms with Gasteiger partial charge in [0.2, 0.25) is 0 Å². The summed E-state index contributed by atoms with van der Waals surface area (Å²) in [6.45, 7) is 0.992. The SMILES string of the molecule is NCC1(C(O)C(=O)O)CCCOC1. The molecule has 2 unspecified atom stereocenters. The van der Waals surface area contributed by atoms with Gasteiger partial charge in [0.1, 0.15) is 0 Å². The first kappa shape index (κ1) is 10.4. The highest BCUT2D eigenvalue weighted by molar-refractivity contribution is 5.73. The van der Waals surface area contributed by atoms with Gasteiger partial charge in [-0.15, -0.1) is 0 Å². The summed E-state index contributed by atoms with van der Waals surface area (Å²) in [4.78, 5) is 10.6. The van der Waals surface area contributed by atoms with Crippen molar-refractivity contribution in [1.29, 1.82) is 0 Å². The number of nitrogens with two attached hydrogens (primary N) is 1. The van der Waals surface area contributed by atoms with E-state index in [2.05, 4.69) is 0 Å². The number of aliphatic hydroxyl groups excluding tert-OH is 1. The minimum atomic E-state index is -1.42. The molecule has 5 heteroatoms. The number of carbonyl (C=O) groups is 1. The Kier molecular flexibility index (Phi) is 3.24. The van der Waals surface area contributed by atoms with E-state index in [-0.39, 0.29) is 13.2 Å². The number of aliphatic hydroxyl groups is 1. The van der Waals surface area contributed by atoms with E-state index < -0.39 is 17.5 Å². The molecule has 1 fully saturated rings. The Morgan fingerprint density at radius 2 is 2.38 bits per heavy atom. The summed E-state index contributed by atoms with van der Waals surface area (Å²) in [5, 5.41) is 18.1. The first-order chi connectivity index (χ1) is 6.12. The largest absolute Gasteiger partial charge is 0.479 e. The molecule has 13 heavy (non-hydrogen) atoms. The molecular formula is C8H15NO4. The smallest absolute Gasteiger partial charge is 0.333 e. The molecule has 0 aromatic rings. The van der Waals surface area contributed by atoms with Gasteiger partial charge in [0.25, 0.3) is 0 Å². The van der Waals surface area contributed by atoms with E-state index in [1.165, 1.54) is 0 Å². The van der Waals surface area contributed by atoms with Crippen LogP contribution in [-0.4, -0.2) is 42.0 Å². The fourth-order valence-electron chi connectivity index (χ4n) is 1.62. The van der Waals surface area contributed by atoms with Gasteiger partial charge in [-0.3, -0.25) is 0 Å². The van der Waals surface area contributed by atoms with Crippen LogP contribution in [0.2, 0.25) is 0 Å². The maximum absolute atomic E-state index is 10.6. The Bertz CT molecular complexity index is 189. The quantitative estimate of drug-likeness (QED) is 0.539. The van der Waals surface area contributed by atoms with E-state index in [0.29, 0.717) is 13.0 Å². The Hall–Kier alpha value is -0.650. The molecule has 1 rings (SSSR count). The second kappa shape index (κ2) is 4.04. The zero-order valence-corrected chi connectivity index (χ0v) is 7.40. The minimum Gasteiger partial charge on any atom is -0.479 e. The highest BCUT2D eigenvalue weighted by Crippen LogP contribution is 2.31. The zero-order valence-electron chi connectivity index (χ0n) is 7.40. The van der Waals surface area contributed by atoms with Gasteiger partial charge in [-0.2, -0.15) is 0 Å². The van der Waals surface area contributed by atoms with E-state index in [0.717, 1.165) is 6.42 Å². The molecule has 5 nitrogen and oxygen atoms in total. The van der Waals surface area contributed by atoms with Crippen molar-refractivity contribution in [1.82, 2.24) is 0 Å². The maximum atomic E-state index is 10.6. The minimum absolute atomic E-state index is 0.139. The summed E-state index contributed by atoms with van der Waals surface area (Å²) in [5.74, 6) is -1.23. The van der Waals surface area contributed by atoms with Crippen LogP contribution in [0.25, 0.3) is 0 Å². The monoisotopic (exact) mass is 189 g/mol. The summed E-state index contributed by atoms with van der Waals surface area (Å²) in [6.07, 6.45) is -0.0591. The molecule has 1 heterocycles. The van der Waals surface area contributed by atoms with Crippen LogP contribution in [0.15, 0.2) is 0 Å². The van der Waals surface area contributed by atoms with E-state index in [9.17, 15) is 9.90 Å². The van der Waals surface area contributed by atoms with E-state index >= 15 is 0 Å². The van der Waals surface area contributed by atoms with Gasteiger partial charge in [-0.1, -0.05) is 0 Å². The normalized spacial score (nSPS) is 31.2. The molecule has 1 aliphatic rings. The Morgan fingerprint density at radius 3 is 2.77 bits per heavy atom. The van der Waals surface area contributed by atoms with E-state index in [4.69, 9.17) is 15.6 Å². The first-order valence-corrected chi connectivity index (χ1v) is 4.31. The van der Waals surface area contributed by atoms with Crippen molar-refractivity contribution in [2.24, 2.45) is 11.1 Å². The summed E-state index contributed by atoms with van der Waals surface area (Å²) in [5.41, 5.74) is 4.69. The van der Waals surface area contributed by atoms with Crippen LogP contribution < -0.4 is 5.73 Å². The van der Waals surface area contributed by atoms with Crippen molar-refractivity contribution in [2.45, 2.75) is 18.9 Å². The van der Waals surface area contributed by atoms with Crippen molar-refractivity contribution >= 4 is 5.97 Å². The fraction of sp³-hybridized carbons (Fsp3) is 0.875. The molecule has 0 saturated carbocycles. The number of carboxylic acid groups (broad SMARTS) is 1. The van der Waals surface area contributed by atoms with Gasteiger partial charge >= 0.3 is 5.97 Å². The highest BCUT2D eigenvalue weighted by atomic mass is 16.5. The van der Waals surface area contributed by atoms with Crippen LogP contribution >= 0.6 is 0 Å². The lowest BCUT2D eigenvalue weighted by Gasteiger charge is -2.37. The molecule has 0 aromatic carbocycles. The predicted octanol–water partition coefficient (Wildman–Crippen LogP) is -0.813. The van der Waals surface area contributed by atoms with Crippen LogP contribution in [0.4, 0.5) is 0 Å². The molecule has 0 radical (unpaired) electrons. The number of hydrogen-bond acceptors (Lipinski definition) is 4. The average molecular weight is 189 g/mol. The summed E-state index contributed by atoms with van der Waals surface area (Å²) < 4.78 is 5.14. The molecule has 0 aliphatic carbocycles. The number of ether oxygens (including phenoxy) is 1. The number of aliphatic carboxylic acids is 1. The van der Waals surface area contributed by atoms with E-state index in [1.807, 2.05) is 0 Å². The van der Waals surface area contributed by atoms with Crippen LogP contribution in [0.5, 0.6) is 0 Å². The third-order valence-electron chi connectivity index (χ3n) is 2.57. The molecule has 2 atom stereocenters. The van der Waals surface area contributed by atoms with Gasteiger partial charge < -0.3 is 20.7 Å². The van der Waals surface area contributed by atoms with Crippen molar-refractivity contribution < 1.29 is 19.7 Å². The fourth-order valence-corrected chi connectivity index (χ4v) is 1.62. The van der Waals surface area contributed by atoms with Gasteiger partial charge in [0.05, 0.1) is 6.61 Å². The van der Waals surface area contributed by atoms with Crippen molar-refractivity contribution in [3.8, 4) is 0 Å². The van der Waals surface area contributed by atoms with Crippen molar-refractivity contribution in [3.63, 3.8) is 0 Å². The van der Waals surface area contributed by atoms with Crippen LogP contribution in [0.1, 0.15) is 12.8 Å². The molecule has 0 bridgehead atoms. The second-order valence-electron chi connectivity index (χ2n) is 3.46. The summed E-state index contributed by atoms with van der Waals surface area (Å²) in [6, 6.07) is 0. The predicted molar refractivity (Wildman–Crippen MR) is 45.2 cm³/mol. The van der Waals surface area contributed by atoms with Crippen LogP contribution in [0, 0.1) is 5.41 Å². The molecule has 0 amide bonds. The van der Waals surface area contributed by atoms with Gasteiger partial charge in [-0.25, -0.2) is 4.79 Å². The van der Waals surface area contributed by atoms with Crippen LogP contribution in [-0.2, 0) is 9.53 Å². The Morgan fingerprint density at radius 1 is 1.69 bits per heavy atom. The number of carboxylic acids is 1. The van der Waals surface area contributed by atoms with Gasteiger partial charge in [0, 0.05) is 18.6 Å². The van der Waals surface area contributed by atoms with Gasteiger partial charge in [-0.05, 0) is 12.8 Å². The third kappa shape index (κ3) is 1.99. The zero-order chi connectivity index (χ0) is 9.90. The highest BCUT2D eigenvalue weighted by Gasteiger charge is 2.42. The van der Waals surface area contributed by atoms with Crippen molar-refractivity contribution in [2.75, 3.05) is 19.8 Å². The van der Waals surface area contributed by atoms with E-state index in [1.54, 1.807) is 0 Å². The van der Waals surface area contributed by atoms with Crippen molar-refractivity contribution in [3.05, 3.63) is 0 Å². The lowest BCUT2D eigenvalue weighted by Crippen LogP contribution is -2.51. The Balaban J connectivity index is 2.72. The Labute approximate surface area is 76.5 Å².